The Hall–Kier alpha value is -1.79. The van der Waals surface area contributed by atoms with Gasteiger partial charge in [0.05, 0.1) is 6.54 Å². The lowest BCUT2D eigenvalue weighted by molar-refractivity contribution is 0.114. The highest BCUT2D eigenvalue weighted by Crippen LogP contribution is 2.17. The summed E-state index contributed by atoms with van der Waals surface area (Å²) in [5.41, 5.74) is 1.10. The molecular weight excluding hydrogens is 304 g/mol. The minimum atomic E-state index is -0.142. The number of ether oxygens (including phenoxy) is 1. The Bertz CT molecular complexity index is 538. The van der Waals surface area contributed by atoms with Crippen LogP contribution in [0, 0.1) is 6.92 Å². The molecule has 0 saturated carbocycles. The van der Waals surface area contributed by atoms with Crippen molar-refractivity contribution < 1.29 is 9.53 Å². The number of nitrogens with zero attached hydrogens (tertiary/aromatic N) is 2. The normalized spacial score (nSPS) is 20.4. The smallest absolute Gasteiger partial charge is 0.314 e. The largest absolute Gasteiger partial charge is 0.489 e. The van der Waals surface area contributed by atoms with Crippen LogP contribution in [0.3, 0.4) is 0 Å². The molecule has 6 nitrogen and oxygen atoms in total. The minimum absolute atomic E-state index is 0.0830. The molecule has 1 aromatic carbocycles. The highest BCUT2D eigenvalue weighted by atomic mass is 16.5. The highest BCUT2D eigenvalue weighted by molar-refractivity contribution is 5.73. The van der Waals surface area contributed by atoms with E-state index in [-0.39, 0.29) is 12.1 Å². The van der Waals surface area contributed by atoms with Gasteiger partial charge in [-0.15, -0.1) is 0 Å². The van der Waals surface area contributed by atoms with Crippen molar-refractivity contribution in [1.82, 2.24) is 20.4 Å². The van der Waals surface area contributed by atoms with Gasteiger partial charge in [-0.05, 0) is 39.6 Å². The van der Waals surface area contributed by atoms with E-state index in [9.17, 15) is 4.79 Å². The molecule has 2 N–H and O–H groups in total. The molecule has 0 aromatic heterocycles. The Morgan fingerprint density at radius 1 is 1.29 bits per heavy atom. The van der Waals surface area contributed by atoms with Gasteiger partial charge in [0, 0.05) is 32.2 Å². The maximum absolute atomic E-state index is 12.0. The summed E-state index contributed by atoms with van der Waals surface area (Å²) in [6.45, 7) is 8.18. The molecule has 6 heteroatoms. The van der Waals surface area contributed by atoms with Crippen LogP contribution in [0.1, 0.15) is 12.5 Å². The first-order valence-corrected chi connectivity index (χ1v) is 8.58. The van der Waals surface area contributed by atoms with E-state index in [0.717, 1.165) is 30.9 Å². The second-order valence-corrected chi connectivity index (χ2v) is 6.68. The number of hydrogen-bond acceptors (Lipinski definition) is 4. The molecule has 0 spiro atoms. The molecule has 1 fully saturated rings. The lowest BCUT2D eigenvalue weighted by Gasteiger charge is -2.37. The van der Waals surface area contributed by atoms with Gasteiger partial charge in [-0.25, -0.2) is 4.79 Å². The van der Waals surface area contributed by atoms with Crippen LogP contribution in [0.25, 0.3) is 0 Å². The summed E-state index contributed by atoms with van der Waals surface area (Å²) in [4.78, 5) is 16.6. The zero-order chi connectivity index (χ0) is 17.5. The first-order chi connectivity index (χ1) is 11.5. The zero-order valence-corrected chi connectivity index (χ0v) is 15.2. The summed E-state index contributed by atoms with van der Waals surface area (Å²) in [5.74, 6) is 0.860. The molecule has 2 rings (SSSR count). The Morgan fingerprint density at radius 2 is 2.04 bits per heavy atom. The number of carbonyl (C=O) groups is 1. The second-order valence-electron chi connectivity index (χ2n) is 6.68. The molecule has 1 heterocycles. The van der Waals surface area contributed by atoms with E-state index < -0.39 is 0 Å². The first kappa shape index (κ1) is 18.5. The molecule has 134 valence electrons. The van der Waals surface area contributed by atoms with Crippen LogP contribution in [0.2, 0.25) is 0 Å². The fraction of sp³-hybridized carbons (Fsp3) is 0.611. The van der Waals surface area contributed by atoms with Crippen molar-refractivity contribution in [3.8, 4) is 5.75 Å². The number of amides is 2. The van der Waals surface area contributed by atoms with Crippen LogP contribution in [-0.4, -0.2) is 74.8 Å². The highest BCUT2D eigenvalue weighted by Gasteiger charge is 2.22. The lowest BCUT2D eigenvalue weighted by atomic mass is 10.2. The third kappa shape index (κ3) is 5.69. The third-order valence-electron chi connectivity index (χ3n) is 4.45. The summed E-state index contributed by atoms with van der Waals surface area (Å²) in [6, 6.07) is 8.11. The van der Waals surface area contributed by atoms with E-state index in [1.807, 2.05) is 38.1 Å². The SMILES string of the molecule is Cc1ccccc1OC(C)CNC(=O)NCC1CN(C)CCN1C. The van der Waals surface area contributed by atoms with Crippen LogP contribution < -0.4 is 15.4 Å². The maximum Gasteiger partial charge on any atom is 0.314 e. The number of hydrogen-bond donors (Lipinski definition) is 2. The van der Waals surface area contributed by atoms with E-state index >= 15 is 0 Å². The minimum Gasteiger partial charge on any atom is -0.489 e. The summed E-state index contributed by atoms with van der Waals surface area (Å²) in [7, 11) is 4.22. The molecule has 0 aliphatic carbocycles. The number of urea groups is 1. The van der Waals surface area contributed by atoms with Crippen LogP contribution in [0.5, 0.6) is 5.75 Å². The Balaban J connectivity index is 1.68. The van der Waals surface area contributed by atoms with Crippen molar-refractivity contribution in [2.24, 2.45) is 0 Å². The van der Waals surface area contributed by atoms with E-state index in [1.54, 1.807) is 0 Å². The lowest BCUT2D eigenvalue weighted by Crippen LogP contribution is -2.55. The van der Waals surface area contributed by atoms with Gasteiger partial charge in [0.2, 0.25) is 0 Å². The van der Waals surface area contributed by atoms with Crippen molar-refractivity contribution in [2.45, 2.75) is 26.0 Å². The number of carbonyl (C=O) groups excluding carboxylic acids is 1. The fourth-order valence-corrected chi connectivity index (χ4v) is 2.78. The first-order valence-electron chi connectivity index (χ1n) is 8.58. The molecule has 1 aromatic rings. The van der Waals surface area contributed by atoms with E-state index in [2.05, 4.69) is 34.5 Å². The second kappa shape index (κ2) is 8.89. The topological polar surface area (TPSA) is 56.8 Å². The van der Waals surface area contributed by atoms with Crippen molar-refractivity contribution in [3.63, 3.8) is 0 Å². The number of para-hydroxylation sites is 1. The molecule has 0 bridgehead atoms. The Morgan fingerprint density at radius 3 is 2.79 bits per heavy atom. The summed E-state index contributed by atoms with van der Waals surface area (Å²) < 4.78 is 5.86. The average Bonchev–Trinajstić information content (AvgIpc) is 2.56. The summed E-state index contributed by atoms with van der Waals surface area (Å²) >= 11 is 0. The van der Waals surface area contributed by atoms with Gasteiger partial charge in [-0.3, -0.25) is 4.90 Å². The zero-order valence-electron chi connectivity index (χ0n) is 15.2. The van der Waals surface area contributed by atoms with Crippen LogP contribution >= 0.6 is 0 Å². The molecule has 2 amide bonds. The quantitative estimate of drug-likeness (QED) is 0.824. The number of benzene rings is 1. The Labute approximate surface area is 145 Å². The summed E-state index contributed by atoms with van der Waals surface area (Å²) in [6.07, 6.45) is -0.0830. The monoisotopic (exact) mass is 334 g/mol. The van der Waals surface area contributed by atoms with Crippen molar-refractivity contribution in [3.05, 3.63) is 29.8 Å². The number of aryl methyl sites for hydroxylation is 1. The van der Waals surface area contributed by atoms with E-state index in [4.69, 9.17) is 4.74 Å². The predicted octanol–water partition coefficient (Wildman–Crippen LogP) is 1.31. The molecule has 1 saturated heterocycles. The van der Waals surface area contributed by atoms with E-state index in [1.165, 1.54) is 0 Å². The van der Waals surface area contributed by atoms with Gasteiger partial charge in [0.15, 0.2) is 0 Å². The van der Waals surface area contributed by atoms with Gasteiger partial charge in [0.25, 0.3) is 0 Å². The maximum atomic E-state index is 12.0. The van der Waals surface area contributed by atoms with Gasteiger partial charge in [-0.1, -0.05) is 18.2 Å². The van der Waals surface area contributed by atoms with Gasteiger partial charge in [-0.2, -0.15) is 0 Å². The molecule has 24 heavy (non-hydrogen) atoms. The fourth-order valence-electron chi connectivity index (χ4n) is 2.78. The predicted molar refractivity (Wildman–Crippen MR) is 96.6 cm³/mol. The summed E-state index contributed by atoms with van der Waals surface area (Å²) in [5, 5.41) is 5.84. The van der Waals surface area contributed by atoms with Crippen molar-refractivity contribution in [2.75, 3.05) is 46.8 Å². The van der Waals surface area contributed by atoms with Gasteiger partial charge < -0.3 is 20.3 Å². The van der Waals surface area contributed by atoms with Crippen molar-refractivity contribution >= 4 is 6.03 Å². The molecule has 1 aliphatic heterocycles. The van der Waals surface area contributed by atoms with E-state index in [0.29, 0.717) is 19.1 Å². The Kier molecular flexibility index (Phi) is 6.87. The van der Waals surface area contributed by atoms with Gasteiger partial charge >= 0.3 is 6.03 Å². The molecule has 2 unspecified atom stereocenters. The molecule has 2 atom stereocenters. The van der Waals surface area contributed by atoms with Crippen LogP contribution in [0.4, 0.5) is 4.79 Å². The number of piperazine rings is 1. The third-order valence-corrected chi connectivity index (χ3v) is 4.45. The molecular formula is C18H30N4O2. The molecule has 1 aliphatic rings. The standard InChI is InChI=1S/C18H30N4O2/c1-14-7-5-6-8-17(14)24-15(2)11-19-18(23)20-12-16-13-21(3)9-10-22(16)4/h5-8,15-16H,9-13H2,1-4H3,(H2,19,20,23). The molecule has 0 radical (unpaired) electrons. The number of likely N-dealkylation sites (N-methyl/N-ethyl adjacent to an activating group) is 2. The van der Waals surface area contributed by atoms with Crippen molar-refractivity contribution in [1.29, 1.82) is 0 Å². The number of rotatable bonds is 6. The van der Waals surface area contributed by atoms with Crippen LogP contribution in [-0.2, 0) is 0 Å². The average molecular weight is 334 g/mol. The van der Waals surface area contributed by atoms with Gasteiger partial charge in [0.1, 0.15) is 11.9 Å². The number of nitrogens with one attached hydrogen (secondary N) is 2. The van der Waals surface area contributed by atoms with Crippen LogP contribution in [0.15, 0.2) is 24.3 Å².